The molecule has 3 rings (SSSR count). The molecule has 1 saturated heterocycles. The summed E-state index contributed by atoms with van der Waals surface area (Å²) in [5.74, 6) is 1.35. The highest BCUT2D eigenvalue weighted by Gasteiger charge is 2.27. The minimum absolute atomic E-state index is 0.0341. The number of likely N-dealkylation sites (tertiary alicyclic amines) is 1. The molecule has 7 heteroatoms. The van der Waals surface area contributed by atoms with Gasteiger partial charge in [-0.05, 0) is 30.9 Å². The topological polar surface area (TPSA) is 72.3 Å². The quantitative estimate of drug-likeness (QED) is 0.802. The first-order valence-electron chi connectivity index (χ1n) is 9.15. The Kier molecular flexibility index (Phi) is 5.37. The van der Waals surface area contributed by atoms with Crippen LogP contribution in [0.1, 0.15) is 38.4 Å². The normalized spacial score (nSPS) is 18.6. The summed E-state index contributed by atoms with van der Waals surface area (Å²) in [5.41, 5.74) is 1.87. The predicted octanol–water partition coefficient (Wildman–Crippen LogP) is 2.44. The van der Waals surface area contributed by atoms with Crippen molar-refractivity contribution in [3.8, 4) is 0 Å². The third kappa shape index (κ3) is 4.26. The van der Waals surface area contributed by atoms with E-state index in [1.807, 2.05) is 33.7 Å². The molecular formula is C19H27N3O3S. The minimum Gasteiger partial charge on any atom is -0.341 e. The number of benzene rings is 1. The summed E-state index contributed by atoms with van der Waals surface area (Å²) in [7, 11) is -3.02. The lowest BCUT2D eigenvalue weighted by Crippen LogP contribution is -2.43. The van der Waals surface area contributed by atoms with Crippen molar-refractivity contribution in [1.82, 2.24) is 14.5 Å². The molecule has 0 bridgehead atoms. The van der Waals surface area contributed by atoms with Crippen molar-refractivity contribution in [3.05, 3.63) is 30.1 Å². The second kappa shape index (κ2) is 7.39. The van der Waals surface area contributed by atoms with Crippen molar-refractivity contribution in [2.75, 3.05) is 25.1 Å². The van der Waals surface area contributed by atoms with E-state index in [0.717, 1.165) is 29.7 Å². The number of nitrogens with zero attached hydrogens (tertiary/aromatic N) is 3. The molecule has 0 spiro atoms. The number of aromatic nitrogens is 2. The van der Waals surface area contributed by atoms with Gasteiger partial charge in [-0.3, -0.25) is 4.79 Å². The van der Waals surface area contributed by atoms with E-state index in [-0.39, 0.29) is 30.0 Å². The molecule has 1 aromatic heterocycles. The average molecular weight is 378 g/mol. The summed E-state index contributed by atoms with van der Waals surface area (Å²) in [6.07, 6.45) is 2.98. The van der Waals surface area contributed by atoms with Gasteiger partial charge in [-0.1, -0.05) is 26.0 Å². The standard InChI is InChI=1S/C19H27N3O3S/c1-14(2)19-20-16-8-4-5-9-17(16)22(19)12-18(23)21-10-6-7-15(11-21)13-26(3,24)25/h4-5,8-9,14-15H,6-7,10-13H2,1-3H3/t15-/m1/s1. The molecule has 1 fully saturated rings. The van der Waals surface area contributed by atoms with Crippen molar-refractivity contribution in [3.63, 3.8) is 0 Å². The molecular weight excluding hydrogens is 350 g/mol. The summed E-state index contributed by atoms with van der Waals surface area (Å²) in [5, 5.41) is 0. The Balaban J connectivity index is 1.79. The van der Waals surface area contributed by atoms with Crippen LogP contribution in [-0.2, 0) is 21.2 Å². The molecule has 1 aliphatic rings. The van der Waals surface area contributed by atoms with Gasteiger partial charge in [0.15, 0.2) is 0 Å². The maximum absolute atomic E-state index is 12.9. The van der Waals surface area contributed by atoms with Gasteiger partial charge in [0.25, 0.3) is 0 Å². The molecule has 26 heavy (non-hydrogen) atoms. The smallest absolute Gasteiger partial charge is 0.242 e. The highest BCUT2D eigenvalue weighted by molar-refractivity contribution is 7.90. The zero-order valence-corrected chi connectivity index (χ0v) is 16.5. The summed E-state index contributed by atoms with van der Waals surface area (Å²) < 4.78 is 25.2. The van der Waals surface area contributed by atoms with Crippen LogP contribution < -0.4 is 0 Å². The second-order valence-electron chi connectivity index (χ2n) is 7.64. The molecule has 1 aliphatic heterocycles. The van der Waals surface area contributed by atoms with Crippen molar-refractivity contribution >= 4 is 26.8 Å². The zero-order chi connectivity index (χ0) is 18.9. The van der Waals surface area contributed by atoms with E-state index in [0.29, 0.717) is 13.1 Å². The summed E-state index contributed by atoms with van der Waals surface area (Å²) in [6, 6.07) is 7.86. The number of amides is 1. The van der Waals surface area contributed by atoms with E-state index < -0.39 is 9.84 Å². The van der Waals surface area contributed by atoms with Crippen molar-refractivity contribution in [2.24, 2.45) is 5.92 Å². The van der Waals surface area contributed by atoms with Gasteiger partial charge in [-0.15, -0.1) is 0 Å². The van der Waals surface area contributed by atoms with Gasteiger partial charge in [-0.2, -0.15) is 0 Å². The highest BCUT2D eigenvalue weighted by Crippen LogP contribution is 2.23. The van der Waals surface area contributed by atoms with Gasteiger partial charge in [0.1, 0.15) is 22.2 Å². The predicted molar refractivity (Wildman–Crippen MR) is 103 cm³/mol. The lowest BCUT2D eigenvalue weighted by molar-refractivity contribution is -0.133. The van der Waals surface area contributed by atoms with E-state index >= 15 is 0 Å². The molecule has 2 heterocycles. The molecule has 1 aromatic carbocycles. The van der Waals surface area contributed by atoms with Crippen LogP contribution in [0.25, 0.3) is 11.0 Å². The van der Waals surface area contributed by atoms with Crippen LogP contribution in [-0.4, -0.2) is 53.9 Å². The Morgan fingerprint density at radius 2 is 2.04 bits per heavy atom. The molecule has 0 N–H and O–H groups in total. The number of carbonyl (C=O) groups is 1. The molecule has 6 nitrogen and oxygen atoms in total. The number of hydrogen-bond acceptors (Lipinski definition) is 4. The Morgan fingerprint density at radius 3 is 2.73 bits per heavy atom. The third-order valence-corrected chi connectivity index (χ3v) is 5.98. The lowest BCUT2D eigenvalue weighted by atomic mass is 10.00. The molecule has 1 atom stereocenters. The monoisotopic (exact) mass is 377 g/mol. The Hall–Kier alpha value is -1.89. The molecule has 0 aliphatic carbocycles. The molecule has 1 amide bonds. The van der Waals surface area contributed by atoms with Crippen molar-refractivity contribution in [2.45, 2.75) is 39.2 Å². The second-order valence-corrected chi connectivity index (χ2v) is 9.82. The SMILES string of the molecule is CC(C)c1nc2ccccc2n1CC(=O)N1CCC[C@@H](CS(C)(=O)=O)C1. The van der Waals surface area contributed by atoms with E-state index in [1.54, 1.807) is 0 Å². The van der Waals surface area contributed by atoms with Gasteiger partial charge in [0.2, 0.25) is 5.91 Å². The molecule has 0 saturated carbocycles. The Labute approximate surface area is 155 Å². The summed E-state index contributed by atoms with van der Waals surface area (Å²) >= 11 is 0. The van der Waals surface area contributed by atoms with Gasteiger partial charge >= 0.3 is 0 Å². The number of hydrogen-bond donors (Lipinski definition) is 0. The van der Waals surface area contributed by atoms with Crippen LogP contribution in [0.15, 0.2) is 24.3 Å². The van der Waals surface area contributed by atoms with Gasteiger partial charge in [-0.25, -0.2) is 13.4 Å². The zero-order valence-electron chi connectivity index (χ0n) is 15.7. The molecule has 0 unspecified atom stereocenters. The van der Waals surface area contributed by atoms with E-state index in [2.05, 4.69) is 18.8 Å². The van der Waals surface area contributed by atoms with E-state index in [1.165, 1.54) is 6.26 Å². The Morgan fingerprint density at radius 1 is 1.31 bits per heavy atom. The highest BCUT2D eigenvalue weighted by atomic mass is 32.2. The van der Waals surface area contributed by atoms with Crippen LogP contribution in [0.3, 0.4) is 0 Å². The average Bonchev–Trinajstić information content (AvgIpc) is 2.92. The first-order valence-corrected chi connectivity index (χ1v) is 11.2. The maximum Gasteiger partial charge on any atom is 0.242 e. The molecule has 0 radical (unpaired) electrons. The lowest BCUT2D eigenvalue weighted by Gasteiger charge is -2.32. The fourth-order valence-corrected chi connectivity index (χ4v) is 4.92. The van der Waals surface area contributed by atoms with Gasteiger partial charge in [0.05, 0.1) is 16.8 Å². The van der Waals surface area contributed by atoms with Crippen LogP contribution in [0.4, 0.5) is 0 Å². The first-order chi connectivity index (χ1) is 12.2. The fourth-order valence-electron chi connectivity index (χ4n) is 3.79. The number of piperidine rings is 1. The van der Waals surface area contributed by atoms with Crippen molar-refractivity contribution in [1.29, 1.82) is 0 Å². The number of carbonyl (C=O) groups excluding carboxylic acids is 1. The van der Waals surface area contributed by atoms with Crippen LogP contribution >= 0.6 is 0 Å². The van der Waals surface area contributed by atoms with E-state index in [4.69, 9.17) is 0 Å². The van der Waals surface area contributed by atoms with E-state index in [9.17, 15) is 13.2 Å². The van der Waals surface area contributed by atoms with Crippen LogP contribution in [0, 0.1) is 5.92 Å². The number of rotatable bonds is 5. The number of para-hydroxylation sites is 2. The Bertz CT molecular complexity index is 902. The fraction of sp³-hybridized carbons (Fsp3) is 0.579. The number of sulfone groups is 1. The molecule has 2 aromatic rings. The first kappa shape index (κ1) is 18.9. The maximum atomic E-state index is 12.9. The van der Waals surface area contributed by atoms with Gasteiger partial charge in [0, 0.05) is 25.3 Å². The van der Waals surface area contributed by atoms with Crippen molar-refractivity contribution < 1.29 is 13.2 Å². The third-order valence-electron chi connectivity index (χ3n) is 4.90. The molecule has 142 valence electrons. The minimum atomic E-state index is -3.02. The van der Waals surface area contributed by atoms with Crippen LogP contribution in [0.2, 0.25) is 0 Å². The number of imidazole rings is 1. The largest absolute Gasteiger partial charge is 0.341 e. The number of fused-ring (bicyclic) bond motifs is 1. The summed E-state index contributed by atoms with van der Waals surface area (Å²) in [4.78, 5) is 19.4. The summed E-state index contributed by atoms with van der Waals surface area (Å²) in [6.45, 7) is 5.62. The van der Waals surface area contributed by atoms with Crippen LogP contribution in [0.5, 0.6) is 0 Å². The van der Waals surface area contributed by atoms with Gasteiger partial charge < -0.3 is 9.47 Å².